The molecule has 0 saturated carbocycles. The van der Waals surface area contributed by atoms with Crippen LogP contribution in [0.2, 0.25) is 0 Å². The molecule has 2 heterocycles. The second-order valence-corrected chi connectivity index (χ2v) is 3.00. The van der Waals surface area contributed by atoms with Gasteiger partial charge in [-0.05, 0) is 18.2 Å². The Balaban J connectivity index is 2.44. The molecule has 0 saturated heterocycles. The molecule has 0 spiro atoms. The highest BCUT2D eigenvalue weighted by atomic mass is 35.5. The molecule has 13 heavy (non-hydrogen) atoms. The molecule has 0 N–H and O–H groups in total. The second kappa shape index (κ2) is 3.62. The Morgan fingerprint density at radius 3 is 3.15 bits per heavy atom. The molecule has 0 aliphatic rings. The molecule has 0 aliphatic heterocycles. The van der Waals surface area contributed by atoms with Crippen LogP contribution in [0, 0.1) is 0 Å². The largest absolute Gasteiger partial charge is 0.306 e. The molecule has 2 rings (SSSR count). The summed E-state index contributed by atoms with van der Waals surface area (Å²) in [4.78, 5) is 4.37. The monoisotopic (exact) mass is 192 g/mol. The van der Waals surface area contributed by atoms with Gasteiger partial charge < -0.3 is 4.40 Å². The van der Waals surface area contributed by atoms with Gasteiger partial charge in [-0.15, -0.1) is 11.6 Å². The van der Waals surface area contributed by atoms with E-state index in [0.717, 1.165) is 11.3 Å². The molecular weight excluding hydrogens is 184 g/mol. The zero-order chi connectivity index (χ0) is 9.10. The van der Waals surface area contributed by atoms with Crippen LogP contribution in [0.25, 0.3) is 11.7 Å². The van der Waals surface area contributed by atoms with Gasteiger partial charge in [0, 0.05) is 18.3 Å². The quantitative estimate of drug-likeness (QED) is 0.669. The first kappa shape index (κ1) is 8.32. The second-order valence-electron chi connectivity index (χ2n) is 2.69. The van der Waals surface area contributed by atoms with E-state index in [9.17, 15) is 0 Å². The third kappa shape index (κ3) is 1.73. The predicted octanol–water partition coefficient (Wildman–Crippen LogP) is 2.59. The molecule has 0 unspecified atom stereocenters. The summed E-state index contributed by atoms with van der Waals surface area (Å²) in [5.41, 5.74) is 1.89. The number of aromatic nitrogens is 2. The molecule has 0 bridgehead atoms. The molecule has 0 aromatic carbocycles. The minimum Gasteiger partial charge on any atom is -0.306 e. The number of hydrogen-bond acceptors (Lipinski definition) is 1. The van der Waals surface area contributed by atoms with Crippen LogP contribution in [-0.2, 0) is 0 Å². The van der Waals surface area contributed by atoms with E-state index in [1.807, 2.05) is 47.1 Å². The lowest BCUT2D eigenvalue weighted by Gasteiger charge is -1.86. The lowest BCUT2D eigenvalue weighted by molar-refractivity contribution is 1.19. The van der Waals surface area contributed by atoms with E-state index >= 15 is 0 Å². The molecule has 0 fully saturated rings. The molecule has 0 amide bonds. The van der Waals surface area contributed by atoms with E-state index in [-0.39, 0.29) is 0 Å². The third-order valence-corrected chi connectivity index (χ3v) is 1.94. The van der Waals surface area contributed by atoms with Crippen molar-refractivity contribution in [1.29, 1.82) is 0 Å². The van der Waals surface area contributed by atoms with Gasteiger partial charge in [-0.1, -0.05) is 12.1 Å². The molecule has 2 aromatic rings. The summed E-state index contributed by atoms with van der Waals surface area (Å²) < 4.78 is 1.98. The first-order valence-electron chi connectivity index (χ1n) is 4.06. The fraction of sp³-hybridized carbons (Fsp3) is 0.100. The smallest absolute Gasteiger partial charge is 0.137 e. The Kier molecular flexibility index (Phi) is 2.32. The number of imidazole rings is 1. The Labute approximate surface area is 81.5 Å². The number of halogens is 1. The highest BCUT2D eigenvalue weighted by molar-refractivity contribution is 6.19. The molecule has 0 radical (unpaired) electrons. The van der Waals surface area contributed by atoms with Gasteiger partial charge in [-0.2, -0.15) is 0 Å². The van der Waals surface area contributed by atoms with Crippen LogP contribution < -0.4 is 0 Å². The van der Waals surface area contributed by atoms with Crippen LogP contribution in [-0.4, -0.2) is 15.3 Å². The summed E-state index contributed by atoms with van der Waals surface area (Å²) >= 11 is 5.53. The number of nitrogens with zero attached hydrogens (tertiary/aromatic N) is 2. The Bertz CT molecular complexity index is 398. The average molecular weight is 193 g/mol. The molecule has 0 atom stereocenters. The van der Waals surface area contributed by atoms with Crippen LogP contribution in [0.1, 0.15) is 5.69 Å². The van der Waals surface area contributed by atoms with Gasteiger partial charge in [-0.3, -0.25) is 0 Å². The molecule has 2 aromatic heterocycles. The van der Waals surface area contributed by atoms with Crippen molar-refractivity contribution < 1.29 is 0 Å². The zero-order valence-electron chi connectivity index (χ0n) is 7.02. The maximum absolute atomic E-state index is 5.53. The van der Waals surface area contributed by atoms with Gasteiger partial charge in [0.1, 0.15) is 5.65 Å². The van der Waals surface area contributed by atoms with Gasteiger partial charge in [0.15, 0.2) is 0 Å². The zero-order valence-corrected chi connectivity index (χ0v) is 7.78. The van der Waals surface area contributed by atoms with Crippen LogP contribution in [0.5, 0.6) is 0 Å². The number of alkyl halides is 1. The van der Waals surface area contributed by atoms with E-state index in [1.54, 1.807) is 0 Å². The summed E-state index contributed by atoms with van der Waals surface area (Å²) in [5.74, 6) is 0.522. The van der Waals surface area contributed by atoms with Crippen molar-refractivity contribution in [2.75, 3.05) is 5.88 Å². The summed E-state index contributed by atoms with van der Waals surface area (Å²) in [5, 5.41) is 0. The van der Waals surface area contributed by atoms with Gasteiger partial charge in [0.05, 0.1) is 5.69 Å². The van der Waals surface area contributed by atoms with Crippen molar-refractivity contribution in [3.63, 3.8) is 0 Å². The highest BCUT2D eigenvalue weighted by Crippen LogP contribution is 2.05. The van der Waals surface area contributed by atoms with Gasteiger partial charge in [-0.25, -0.2) is 4.98 Å². The lowest BCUT2D eigenvalue weighted by atomic mass is 10.4. The summed E-state index contributed by atoms with van der Waals surface area (Å²) in [6, 6.07) is 5.92. The van der Waals surface area contributed by atoms with Crippen molar-refractivity contribution in [2.24, 2.45) is 0 Å². The molecule has 0 aliphatic carbocycles. The van der Waals surface area contributed by atoms with Crippen molar-refractivity contribution in [3.8, 4) is 0 Å². The summed E-state index contributed by atoms with van der Waals surface area (Å²) in [6.45, 7) is 0. The molecule has 66 valence electrons. The number of rotatable bonds is 2. The standard InChI is InChI=1S/C10H9ClN2/c11-6-3-4-9-8-13-7-2-1-5-10(13)12-9/h1-5,7-8H,6H2/b4-3+. The molecular formula is C10H9ClN2. The van der Waals surface area contributed by atoms with E-state index in [0.29, 0.717) is 5.88 Å². The summed E-state index contributed by atoms with van der Waals surface area (Å²) in [7, 11) is 0. The predicted molar refractivity (Wildman–Crippen MR) is 54.9 cm³/mol. The highest BCUT2D eigenvalue weighted by Gasteiger charge is 1.95. The van der Waals surface area contributed by atoms with Crippen molar-refractivity contribution in [2.45, 2.75) is 0 Å². The average Bonchev–Trinajstić information content (AvgIpc) is 2.57. The van der Waals surface area contributed by atoms with Gasteiger partial charge >= 0.3 is 0 Å². The van der Waals surface area contributed by atoms with E-state index in [4.69, 9.17) is 11.6 Å². The van der Waals surface area contributed by atoms with Crippen LogP contribution in [0.15, 0.2) is 36.7 Å². The normalized spacial score (nSPS) is 11.5. The number of hydrogen-bond donors (Lipinski definition) is 0. The van der Waals surface area contributed by atoms with Crippen molar-refractivity contribution >= 4 is 23.3 Å². The molecule has 3 heteroatoms. The van der Waals surface area contributed by atoms with E-state index < -0.39 is 0 Å². The fourth-order valence-electron chi connectivity index (χ4n) is 1.20. The van der Waals surface area contributed by atoms with Crippen LogP contribution in [0.3, 0.4) is 0 Å². The Hall–Kier alpha value is -1.28. The maximum atomic E-state index is 5.53. The van der Waals surface area contributed by atoms with E-state index in [1.165, 1.54) is 0 Å². The minimum atomic E-state index is 0.522. The van der Waals surface area contributed by atoms with Gasteiger partial charge in [0.25, 0.3) is 0 Å². The number of pyridine rings is 1. The fourth-order valence-corrected chi connectivity index (χ4v) is 1.29. The first-order valence-corrected chi connectivity index (χ1v) is 4.60. The first-order chi connectivity index (χ1) is 6.40. The molecule has 2 nitrogen and oxygen atoms in total. The van der Waals surface area contributed by atoms with Crippen molar-refractivity contribution in [3.05, 3.63) is 42.4 Å². The Morgan fingerprint density at radius 1 is 1.46 bits per heavy atom. The van der Waals surface area contributed by atoms with Crippen molar-refractivity contribution in [1.82, 2.24) is 9.38 Å². The SMILES string of the molecule is ClC/C=C/c1cn2ccccc2n1. The topological polar surface area (TPSA) is 17.3 Å². The minimum absolute atomic E-state index is 0.522. The lowest BCUT2D eigenvalue weighted by Crippen LogP contribution is -1.77. The summed E-state index contributed by atoms with van der Waals surface area (Å²) in [6.07, 6.45) is 7.74. The number of fused-ring (bicyclic) bond motifs is 1. The van der Waals surface area contributed by atoms with E-state index in [2.05, 4.69) is 4.98 Å². The Morgan fingerprint density at radius 2 is 2.38 bits per heavy atom. The number of allylic oxidation sites excluding steroid dienone is 1. The van der Waals surface area contributed by atoms with Gasteiger partial charge in [0.2, 0.25) is 0 Å². The van der Waals surface area contributed by atoms with Crippen LogP contribution in [0.4, 0.5) is 0 Å². The maximum Gasteiger partial charge on any atom is 0.137 e. The third-order valence-electron chi connectivity index (χ3n) is 1.76. The van der Waals surface area contributed by atoms with Crippen LogP contribution >= 0.6 is 11.6 Å².